The van der Waals surface area contributed by atoms with E-state index in [1.54, 1.807) is 7.05 Å². The van der Waals surface area contributed by atoms with Crippen LogP contribution in [0.2, 0.25) is 0 Å². The number of rotatable bonds is 10. The van der Waals surface area contributed by atoms with Crippen LogP contribution < -0.4 is 39.3 Å². The molecular formula is C24H47N7O10. The molecule has 0 aromatic heterocycles. The second kappa shape index (κ2) is 14.0. The Hall–Kier alpha value is -1.26. The fourth-order valence-corrected chi connectivity index (χ4v) is 5.81. The molecule has 4 aliphatic rings. The highest BCUT2D eigenvalue weighted by Gasteiger charge is 2.53. The van der Waals surface area contributed by atoms with Gasteiger partial charge in [-0.05, 0) is 13.5 Å². The van der Waals surface area contributed by atoms with Gasteiger partial charge in [0.25, 0.3) is 0 Å². The number of hydrogen-bond acceptors (Lipinski definition) is 17. The van der Waals surface area contributed by atoms with Gasteiger partial charge >= 0.3 is 0 Å². The average Bonchev–Trinajstić information content (AvgIpc) is 2.94. The third-order valence-corrected chi connectivity index (χ3v) is 8.31. The minimum Gasteiger partial charge on any atom is -0.510 e. The van der Waals surface area contributed by atoms with Crippen molar-refractivity contribution < 1.29 is 49.2 Å². The van der Waals surface area contributed by atoms with E-state index >= 15 is 0 Å². The topological polar surface area (TPSA) is 301 Å². The predicted octanol–water partition coefficient (Wildman–Crippen LogP) is -5.96. The molecule has 1 aliphatic carbocycles. The number of nitrogens with one attached hydrogen (secondary N) is 2. The van der Waals surface area contributed by atoms with Crippen LogP contribution in [0.4, 0.5) is 0 Å². The molecule has 8 unspecified atom stereocenters. The van der Waals surface area contributed by atoms with E-state index in [1.165, 1.54) is 0 Å². The molecule has 14 atom stereocenters. The molecule has 0 saturated carbocycles. The zero-order valence-electron chi connectivity index (χ0n) is 23.1. The van der Waals surface area contributed by atoms with Gasteiger partial charge in [-0.2, -0.15) is 0 Å². The minimum absolute atomic E-state index is 0.0107. The Kier molecular flexibility index (Phi) is 11.2. The van der Waals surface area contributed by atoms with Crippen LogP contribution in [0.1, 0.15) is 19.3 Å². The highest BCUT2D eigenvalue weighted by Crippen LogP contribution is 2.35. The van der Waals surface area contributed by atoms with Crippen LogP contribution in [0.25, 0.3) is 0 Å². The van der Waals surface area contributed by atoms with Gasteiger partial charge < -0.3 is 88.5 Å². The molecule has 0 amide bonds. The lowest BCUT2D eigenvalue weighted by Crippen LogP contribution is -2.70. The van der Waals surface area contributed by atoms with E-state index in [0.717, 1.165) is 0 Å². The van der Waals surface area contributed by atoms with Crippen molar-refractivity contribution >= 4 is 0 Å². The van der Waals surface area contributed by atoms with E-state index in [4.69, 9.17) is 52.4 Å². The van der Waals surface area contributed by atoms with Crippen LogP contribution in [0.15, 0.2) is 11.5 Å². The monoisotopic (exact) mass is 593 g/mol. The minimum atomic E-state index is -1.54. The molecule has 17 nitrogen and oxygen atoms in total. The molecule has 238 valence electrons. The zero-order valence-corrected chi connectivity index (χ0v) is 23.1. The average molecular weight is 594 g/mol. The lowest BCUT2D eigenvalue weighted by atomic mass is 9.90. The van der Waals surface area contributed by atoms with Gasteiger partial charge in [0.2, 0.25) is 0 Å². The summed E-state index contributed by atoms with van der Waals surface area (Å²) in [5.74, 6) is 0.0107. The van der Waals surface area contributed by atoms with Crippen molar-refractivity contribution in [2.75, 3.05) is 26.7 Å². The molecule has 0 radical (unpaired) electrons. The number of hydrogen-bond donors (Lipinski definition) is 12. The molecule has 4 rings (SSSR count). The predicted molar refractivity (Wildman–Crippen MR) is 142 cm³/mol. The quantitative estimate of drug-likeness (QED) is 0.112. The highest BCUT2D eigenvalue weighted by molar-refractivity contribution is 5.12. The maximum atomic E-state index is 11.3. The number of ether oxygens (including phenoxy) is 5. The lowest BCUT2D eigenvalue weighted by molar-refractivity contribution is -0.372. The van der Waals surface area contributed by atoms with Crippen LogP contribution in [-0.4, -0.2) is 144 Å². The molecule has 0 aromatic carbocycles. The van der Waals surface area contributed by atoms with Crippen molar-refractivity contribution in [2.45, 2.75) is 111 Å². The van der Waals surface area contributed by atoms with Crippen molar-refractivity contribution in [3.05, 3.63) is 11.5 Å². The molecule has 41 heavy (non-hydrogen) atoms. The fourth-order valence-electron chi connectivity index (χ4n) is 5.81. The molecule has 3 saturated heterocycles. The standard InChI is InChI=1S/C24H47N7O10/c1-30-17-19(35)21-14(3-11(29)22(40-21)37-13-4-12(33)9(27)2-10(13)28)38-23(17)41-24-20(36)18(34)16(15(7-32)39-24)31-8(5-25)6-26/h8,10-11,13-24,30-36H,2-7,25-29H2,1H3/t10?,11?,13-,14-,15?,16+,17-,18?,19?,20?,21?,22-,23?,24+/m0/s1. The van der Waals surface area contributed by atoms with Gasteiger partial charge in [0.15, 0.2) is 18.9 Å². The molecule has 3 heterocycles. The van der Waals surface area contributed by atoms with Crippen molar-refractivity contribution in [1.82, 2.24) is 10.6 Å². The lowest BCUT2D eigenvalue weighted by Gasteiger charge is -2.51. The Labute approximate surface area is 238 Å². The summed E-state index contributed by atoms with van der Waals surface area (Å²) in [6.07, 6.45) is -10.2. The molecule has 0 spiro atoms. The first kappa shape index (κ1) is 32.6. The van der Waals surface area contributed by atoms with Crippen LogP contribution >= 0.6 is 0 Å². The second-order valence-corrected chi connectivity index (χ2v) is 11.1. The van der Waals surface area contributed by atoms with Crippen molar-refractivity contribution in [2.24, 2.45) is 28.7 Å². The van der Waals surface area contributed by atoms with Gasteiger partial charge in [0.05, 0.1) is 36.9 Å². The fraction of sp³-hybridized carbons (Fsp3) is 0.917. The Bertz CT molecular complexity index is 884. The summed E-state index contributed by atoms with van der Waals surface area (Å²) in [5.41, 5.74) is 30.0. The Balaban J connectivity index is 1.41. The summed E-state index contributed by atoms with van der Waals surface area (Å²) in [6, 6.07) is -3.25. The van der Waals surface area contributed by atoms with Crippen LogP contribution in [-0.2, 0) is 23.7 Å². The first-order chi connectivity index (χ1) is 19.5. The first-order valence-corrected chi connectivity index (χ1v) is 14.0. The van der Waals surface area contributed by atoms with Crippen molar-refractivity contribution in [1.29, 1.82) is 0 Å². The number of aliphatic hydroxyl groups excluding tert-OH is 5. The third kappa shape index (κ3) is 6.95. The van der Waals surface area contributed by atoms with E-state index in [2.05, 4.69) is 10.6 Å². The summed E-state index contributed by atoms with van der Waals surface area (Å²) < 4.78 is 30.0. The van der Waals surface area contributed by atoms with Crippen molar-refractivity contribution in [3.8, 4) is 0 Å². The smallest absolute Gasteiger partial charge is 0.189 e. The molecule has 17 N–H and O–H groups in total. The van der Waals surface area contributed by atoms with Gasteiger partial charge in [-0.3, -0.25) is 0 Å². The van der Waals surface area contributed by atoms with E-state index in [-0.39, 0.29) is 44.2 Å². The van der Waals surface area contributed by atoms with Gasteiger partial charge in [-0.1, -0.05) is 0 Å². The molecule has 3 aliphatic heterocycles. The molecular weight excluding hydrogens is 546 g/mol. The molecule has 0 aromatic rings. The number of fused-ring (bicyclic) bond motifs is 1. The van der Waals surface area contributed by atoms with Crippen molar-refractivity contribution in [3.63, 3.8) is 0 Å². The van der Waals surface area contributed by atoms with Crippen LogP contribution in [0.3, 0.4) is 0 Å². The van der Waals surface area contributed by atoms with E-state index in [1.807, 2.05) is 0 Å². The van der Waals surface area contributed by atoms with E-state index in [0.29, 0.717) is 5.70 Å². The maximum absolute atomic E-state index is 11.3. The molecule has 0 bridgehead atoms. The SMILES string of the molecule is CN[C@@H]1C(O[C@H]2OC(CO)[C@@H](NC(CN)CN)C(O)C2O)O[C@H]2CC(N)[C@@H](O[C@H]3CC(O)=C(N)CC3N)OC2C1O. The number of aliphatic hydroxyl groups is 5. The van der Waals surface area contributed by atoms with Crippen LogP contribution in [0, 0.1) is 0 Å². The zero-order chi connectivity index (χ0) is 30.0. The summed E-state index contributed by atoms with van der Waals surface area (Å²) in [5, 5.41) is 58.9. The largest absolute Gasteiger partial charge is 0.510 e. The molecule has 17 heteroatoms. The summed E-state index contributed by atoms with van der Waals surface area (Å²) in [6.45, 7) is -0.149. The number of nitrogens with two attached hydrogens (primary N) is 5. The Morgan fingerprint density at radius 1 is 0.902 bits per heavy atom. The summed E-state index contributed by atoms with van der Waals surface area (Å²) >= 11 is 0. The summed E-state index contributed by atoms with van der Waals surface area (Å²) in [7, 11) is 1.58. The summed E-state index contributed by atoms with van der Waals surface area (Å²) in [4.78, 5) is 0. The van der Waals surface area contributed by atoms with Gasteiger partial charge in [-0.15, -0.1) is 0 Å². The van der Waals surface area contributed by atoms with Gasteiger partial charge in [0.1, 0.15) is 36.3 Å². The number of likely N-dealkylation sites (N-methyl/N-ethyl adjacent to an activating group) is 1. The van der Waals surface area contributed by atoms with Gasteiger partial charge in [-0.25, -0.2) is 0 Å². The second-order valence-electron chi connectivity index (χ2n) is 11.1. The van der Waals surface area contributed by atoms with Crippen LogP contribution in [0.5, 0.6) is 0 Å². The maximum Gasteiger partial charge on any atom is 0.189 e. The highest BCUT2D eigenvalue weighted by atomic mass is 16.8. The van der Waals surface area contributed by atoms with E-state index in [9.17, 15) is 25.5 Å². The van der Waals surface area contributed by atoms with Gasteiger partial charge in [0, 0.05) is 43.7 Å². The third-order valence-electron chi connectivity index (χ3n) is 8.31. The first-order valence-electron chi connectivity index (χ1n) is 14.0. The Morgan fingerprint density at radius 2 is 1.61 bits per heavy atom. The normalized spacial score (nSPS) is 45.6. The molecule has 3 fully saturated rings. The Morgan fingerprint density at radius 3 is 2.24 bits per heavy atom. The van der Waals surface area contributed by atoms with E-state index < -0.39 is 92.4 Å².